The van der Waals surface area contributed by atoms with Gasteiger partial charge in [-0.15, -0.1) is 0 Å². The van der Waals surface area contributed by atoms with Gasteiger partial charge in [0.25, 0.3) is 5.89 Å². The molecule has 0 saturated heterocycles. The highest BCUT2D eigenvalue weighted by Crippen LogP contribution is 2.26. The Hall–Kier alpha value is -1.77. The second kappa shape index (κ2) is 3.12. The number of aromatic nitrogens is 1. The van der Waals surface area contributed by atoms with E-state index in [9.17, 15) is 5.11 Å². The van der Waals surface area contributed by atoms with Crippen LogP contribution in [-0.4, -0.2) is 0 Å². The molecule has 15 heavy (non-hydrogen) atoms. The van der Waals surface area contributed by atoms with Crippen molar-refractivity contribution in [2.75, 3.05) is 0 Å². The van der Waals surface area contributed by atoms with E-state index in [0.29, 0.717) is 5.89 Å². The summed E-state index contributed by atoms with van der Waals surface area (Å²) in [5, 5.41) is 11.5. The smallest absolute Gasteiger partial charge is 0.269 e. The number of benzene rings is 1. The summed E-state index contributed by atoms with van der Waals surface area (Å²) >= 11 is 0. The first-order valence-corrected chi connectivity index (χ1v) is 5.14. The molecule has 0 bridgehead atoms. The molecular weight excluding hydrogens is 190 g/mol. The molecule has 3 nitrogen and oxygen atoms in total. The summed E-state index contributed by atoms with van der Waals surface area (Å²) in [5.74, 6) is 0.527. The molecule has 0 radical (unpaired) electrons. The van der Waals surface area contributed by atoms with Crippen molar-refractivity contribution >= 4 is 0 Å². The maximum Gasteiger partial charge on any atom is 0.269 e. The van der Waals surface area contributed by atoms with Crippen LogP contribution in [0.2, 0.25) is 0 Å². The molecule has 0 amide bonds. The van der Waals surface area contributed by atoms with Gasteiger partial charge in [-0.2, -0.15) is 4.57 Å². The van der Waals surface area contributed by atoms with Crippen LogP contribution in [-0.2, 0) is 13.0 Å². The average Bonchev–Trinajstić information content (AvgIpc) is 2.84. The third-order valence-electron chi connectivity index (χ3n) is 2.81. The molecule has 0 fully saturated rings. The van der Waals surface area contributed by atoms with E-state index in [-0.39, 0.29) is 5.95 Å². The fourth-order valence-corrected chi connectivity index (χ4v) is 2.11. The van der Waals surface area contributed by atoms with Gasteiger partial charge < -0.3 is 9.52 Å². The van der Waals surface area contributed by atoms with Gasteiger partial charge in [-0.25, -0.2) is 0 Å². The Balaban J connectivity index is 2.18. The second-order valence-corrected chi connectivity index (χ2v) is 3.76. The van der Waals surface area contributed by atoms with Crippen molar-refractivity contribution in [2.24, 2.45) is 0 Å². The molecule has 2 heterocycles. The van der Waals surface area contributed by atoms with E-state index in [4.69, 9.17) is 4.42 Å². The van der Waals surface area contributed by atoms with Gasteiger partial charge in [0.15, 0.2) is 6.54 Å². The van der Waals surface area contributed by atoms with Crippen molar-refractivity contribution in [2.45, 2.75) is 19.4 Å². The number of hydrogen-bond donors (Lipinski definition) is 0. The minimum absolute atomic E-state index is 0.175. The van der Waals surface area contributed by atoms with Gasteiger partial charge in [-0.3, -0.25) is 0 Å². The fraction of sp³-hybridized carbons (Fsp3) is 0.250. The zero-order valence-corrected chi connectivity index (χ0v) is 8.27. The van der Waals surface area contributed by atoms with Crippen molar-refractivity contribution in [3.05, 3.63) is 36.0 Å². The Bertz CT molecular complexity index is 488. The van der Waals surface area contributed by atoms with Crippen LogP contribution in [0.1, 0.15) is 12.1 Å². The molecule has 3 heteroatoms. The normalized spacial score (nSPS) is 14.1. The van der Waals surface area contributed by atoms with E-state index in [1.165, 1.54) is 0 Å². The molecule has 1 aliphatic rings. The molecule has 1 aliphatic heterocycles. The maximum absolute atomic E-state index is 11.5. The van der Waals surface area contributed by atoms with Crippen LogP contribution in [0.4, 0.5) is 0 Å². The van der Waals surface area contributed by atoms with Crippen molar-refractivity contribution in [1.82, 2.24) is 0 Å². The average molecular weight is 201 g/mol. The van der Waals surface area contributed by atoms with E-state index in [1.54, 1.807) is 0 Å². The van der Waals surface area contributed by atoms with Crippen LogP contribution in [0.3, 0.4) is 0 Å². The van der Waals surface area contributed by atoms with E-state index < -0.39 is 0 Å². The number of oxazole rings is 1. The highest BCUT2D eigenvalue weighted by molar-refractivity contribution is 5.50. The quantitative estimate of drug-likeness (QED) is 0.651. The Kier molecular flexibility index (Phi) is 1.78. The molecule has 0 saturated carbocycles. The van der Waals surface area contributed by atoms with Crippen LogP contribution < -0.4 is 9.67 Å². The number of hydrogen-bond acceptors (Lipinski definition) is 2. The molecule has 1 aromatic heterocycles. The summed E-state index contributed by atoms with van der Waals surface area (Å²) in [4.78, 5) is 0. The van der Waals surface area contributed by atoms with Gasteiger partial charge >= 0.3 is 0 Å². The molecule has 0 aliphatic carbocycles. The third-order valence-corrected chi connectivity index (χ3v) is 2.81. The summed E-state index contributed by atoms with van der Waals surface area (Å²) < 4.78 is 7.28. The SMILES string of the molecule is [O-]c1oc(-c2ccccc2)[n+]2c1CCC2. The minimum Gasteiger partial charge on any atom is -0.540 e. The standard InChI is InChI=1S/C12H11NO2/c14-12-10-7-4-8-13(10)11(15-12)9-5-2-1-3-6-9/h1-3,5-6H,4,7-8H2. The summed E-state index contributed by atoms with van der Waals surface area (Å²) in [6.07, 6.45) is 1.88. The second-order valence-electron chi connectivity index (χ2n) is 3.76. The highest BCUT2D eigenvalue weighted by atomic mass is 16.5. The summed E-state index contributed by atoms with van der Waals surface area (Å²) in [7, 11) is 0. The van der Waals surface area contributed by atoms with Crippen LogP contribution in [0.5, 0.6) is 5.95 Å². The first kappa shape index (κ1) is 8.53. The monoisotopic (exact) mass is 201 g/mol. The van der Waals surface area contributed by atoms with E-state index in [0.717, 1.165) is 30.6 Å². The van der Waals surface area contributed by atoms with Gasteiger partial charge in [0.1, 0.15) is 5.95 Å². The first-order valence-electron chi connectivity index (χ1n) is 5.14. The lowest BCUT2D eigenvalue weighted by atomic mass is 10.2. The minimum atomic E-state index is -0.175. The largest absolute Gasteiger partial charge is 0.540 e. The predicted octanol–water partition coefficient (Wildman–Crippen LogP) is 1.25. The van der Waals surface area contributed by atoms with Crippen molar-refractivity contribution < 1.29 is 14.1 Å². The van der Waals surface area contributed by atoms with Gasteiger partial charge in [-0.05, 0) is 12.1 Å². The van der Waals surface area contributed by atoms with Gasteiger partial charge in [0, 0.05) is 12.8 Å². The molecule has 0 N–H and O–H groups in total. The zero-order chi connectivity index (χ0) is 10.3. The number of nitrogens with zero attached hydrogens (tertiary/aromatic N) is 1. The molecule has 0 atom stereocenters. The highest BCUT2D eigenvalue weighted by Gasteiger charge is 2.27. The third kappa shape index (κ3) is 1.23. The Morgan fingerprint density at radius 2 is 2.00 bits per heavy atom. The van der Waals surface area contributed by atoms with Gasteiger partial charge in [0.2, 0.25) is 5.69 Å². The van der Waals surface area contributed by atoms with Crippen LogP contribution in [0, 0.1) is 0 Å². The zero-order valence-electron chi connectivity index (χ0n) is 8.27. The molecule has 3 rings (SSSR count). The van der Waals surface area contributed by atoms with E-state index >= 15 is 0 Å². The van der Waals surface area contributed by atoms with Crippen LogP contribution in [0.25, 0.3) is 11.5 Å². The van der Waals surface area contributed by atoms with Crippen LogP contribution >= 0.6 is 0 Å². The number of rotatable bonds is 1. The lowest BCUT2D eigenvalue weighted by molar-refractivity contribution is -0.682. The Labute approximate surface area is 87.6 Å². The Morgan fingerprint density at radius 3 is 2.80 bits per heavy atom. The van der Waals surface area contributed by atoms with Gasteiger partial charge in [-0.1, -0.05) is 18.2 Å². The lowest BCUT2D eigenvalue weighted by Crippen LogP contribution is -2.32. The molecule has 76 valence electrons. The van der Waals surface area contributed by atoms with Gasteiger partial charge in [0.05, 0.1) is 5.56 Å². The summed E-state index contributed by atoms with van der Waals surface area (Å²) in [6.45, 7) is 0.894. The number of fused-ring (bicyclic) bond motifs is 1. The molecule has 2 aromatic rings. The van der Waals surface area contributed by atoms with Crippen molar-refractivity contribution in [3.63, 3.8) is 0 Å². The van der Waals surface area contributed by atoms with Crippen LogP contribution in [0.15, 0.2) is 34.7 Å². The predicted molar refractivity (Wildman–Crippen MR) is 52.1 cm³/mol. The maximum atomic E-state index is 11.5. The Morgan fingerprint density at radius 1 is 1.20 bits per heavy atom. The van der Waals surface area contributed by atoms with Crippen molar-refractivity contribution in [1.29, 1.82) is 0 Å². The molecule has 0 unspecified atom stereocenters. The molecule has 0 spiro atoms. The first-order chi connectivity index (χ1) is 7.36. The summed E-state index contributed by atoms with van der Waals surface area (Å²) in [5.41, 5.74) is 1.79. The van der Waals surface area contributed by atoms with Crippen molar-refractivity contribution in [3.8, 4) is 17.4 Å². The summed E-state index contributed by atoms with van der Waals surface area (Å²) in [6, 6.07) is 9.78. The lowest BCUT2D eigenvalue weighted by Gasteiger charge is -1.97. The molecular formula is C12H11NO2. The fourth-order valence-electron chi connectivity index (χ4n) is 2.11. The molecule has 1 aromatic carbocycles. The van der Waals surface area contributed by atoms with E-state index in [1.807, 2.05) is 34.9 Å². The van der Waals surface area contributed by atoms with E-state index in [2.05, 4.69) is 0 Å². The topological polar surface area (TPSA) is 40.1 Å².